The minimum atomic E-state index is -1.63. The second kappa shape index (κ2) is 15.3. The van der Waals surface area contributed by atoms with Crippen LogP contribution in [0.2, 0.25) is 0 Å². The summed E-state index contributed by atoms with van der Waals surface area (Å²) in [6, 6.07) is 0. The van der Waals surface area contributed by atoms with Gasteiger partial charge in [-0.3, -0.25) is 9.59 Å². The highest BCUT2D eigenvalue weighted by molar-refractivity contribution is 5.67. The highest BCUT2D eigenvalue weighted by Crippen LogP contribution is 2.89. The lowest BCUT2D eigenvalue weighted by molar-refractivity contribution is -0.339. The zero-order chi connectivity index (χ0) is 44.6. The Bertz CT molecular complexity index is 1680. The molecular formula is C45H72O16. The summed E-state index contributed by atoms with van der Waals surface area (Å²) < 4.78 is 43.6. The molecule has 16 nitrogen and oxygen atoms in total. The Morgan fingerprint density at radius 2 is 1.43 bits per heavy atom. The fourth-order valence-electron chi connectivity index (χ4n) is 15.5. The maximum atomic E-state index is 12.4. The molecule has 348 valence electrons. The van der Waals surface area contributed by atoms with Crippen LogP contribution in [0.25, 0.3) is 0 Å². The van der Waals surface area contributed by atoms with E-state index in [1.54, 1.807) is 13.8 Å². The van der Waals surface area contributed by atoms with Crippen LogP contribution in [0.5, 0.6) is 0 Å². The van der Waals surface area contributed by atoms with Crippen LogP contribution in [0.15, 0.2) is 0 Å². The van der Waals surface area contributed by atoms with Gasteiger partial charge in [-0.1, -0.05) is 27.7 Å². The first-order valence-electron chi connectivity index (χ1n) is 22.6. The molecule has 8 rings (SSSR count). The molecule has 7 N–H and O–H groups in total. The van der Waals surface area contributed by atoms with Gasteiger partial charge in [-0.15, -0.1) is 0 Å². The van der Waals surface area contributed by atoms with Crippen molar-refractivity contribution < 1.29 is 78.5 Å². The lowest BCUT2D eigenvalue weighted by Gasteiger charge is -2.65. The van der Waals surface area contributed by atoms with Gasteiger partial charge in [0, 0.05) is 19.8 Å². The van der Waals surface area contributed by atoms with Crippen molar-refractivity contribution in [3.8, 4) is 0 Å². The summed E-state index contributed by atoms with van der Waals surface area (Å²) in [5, 5.41) is 77.1. The van der Waals surface area contributed by atoms with Gasteiger partial charge < -0.3 is 68.9 Å². The zero-order valence-electron chi connectivity index (χ0n) is 37.3. The number of esters is 2. The van der Waals surface area contributed by atoms with Gasteiger partial charge in [-0.25, -0.2) is 0 Å². The molecular weight excluding hydrogens is 796 g/mol. The monoisotopic (exact) mass is 868 g/mol. The van der Waals surface area contributed by atoms with Crippen LogP contribution in [0.1, 0.15) is 120 Å². The Kier molecular flexibility index (Phi) is 11.5. The van der Waals surface area contributed by atoms with Gasteiger partial charge in [-0.05, 0) is 117 Å². The number of aliphatic hydroxyl groups excluding tert-OH is 6. The minimum Gasteiger partial charge on any atom is -0.455 e. The highest BCUT2D eigenvalue weighted by Gasteiger charge is 2.85. The van der Waals surface area contributed by atoms with Crippen molar-refractivity contribution in [2.24, 2.45) is 44.8 Å². The molecule has 5 saturated carbocycles. The first-order chi connectivity index (χ1) is 28.3. The SMILES string of the molecule is CC(=O)O[C@@H]1[C@@H](OC(C)=O)[C@H](O[C@H]2CC[C@]34CC35CC[C@]3(C)[C@@H]([C@@]6(C)CC[C@@H](C(C)(C)O)O6)[C@@H](O)C[C@@]3(C)C5C[C@H](O[C@@H]3O[C@H](CO)[C@@H](O)[C@H](O)[C@H]3O)C4C2(C)C)OC[C@H]1O. The van der Waals surface area contributed by atoms with Crippen LogP contribution in [-0.4, -0.2) is 152 Å². The fourth-order valence-corrected chi connectivity index (χ4v) is 15.5. The van der Waals surface area contributed by atoms with E-state index in [2.05, 4.69) is 34.6 Å². The Hall–Kier alpha value is -1.54. The number of hydrogen-bond acceptors (Lipinski definition) is 16. The number of rotatable bonds is 9. The molecule has 0 aromatic rings. The van der Waals surface area contributed by atoms with Gasteiger partial charge in [0.2, 0.25) is 0 Å². The van der Waals surface area contributed by atoms with Gasteiger partial charge in [0.15, 0.2) is 24.8 Å². The summed E-state index contributed by atoms with van der Waals surface area (Å²) in [7, 11) is 0. The highest BCUT2D eigenvalue weighted by atomic mass is 16.7. The fraction of sp³-hybridized carbons (Fsp3) is 0.956. The summed E-state index contributed by atoms with van der Waals surface area (Å²) in [6.45, 7) is 16.1. The Morgan fingerprint density at radius 3 is 2.05 bits per heavy atom. The second-order valence-corrected chi connectivity index (χ2v) is 22.2. The topological polar surface area (TPSA) is 240 Å². The van der Waals surface area contributed by atoms with Crippen molar-refractivity contribution in [2.45, 2.75) is 211 Å². The molecule has 3 saturated heterocycles. The van der Waals surface area contributed by atoms with Crippen LogP contribution >= 0.6 is 0 Å². The van der Waals surface area contributed by atoms with Gasteiger partial charge >= 0.3 is 11.9 Å². The lowest BCUT2D eigenvalue weighted by Crippen LogP contribution is -2.65. The average molecular weight is 869 g/mol. The molecule has 0 aromatic carbocycles. The van der Waals surface area contributed by atoms with Gasteiger partial charge in [-0.2, -0.15) is 0 Å². The van der Waals surface area contributed by atoms with E-state index in [0.717, 1.165) is 32.1 Å². The van der Waals surface area contributed by atoms with E-state index < -0.39 is 109 Å². The molecule has 3 heterocycles. The third-order valence-corrected chi connectivity index (χ3v) is 18.2. The average Bonchev–Trinajstić information content (AvgIpc) is 3.52. The van der Waals surface area contributed by atoms with E-state index in [9.17, 15) is 45.3 Å². The van der Waals surface area contributed by atoms with E-state index >= 15 is 0 Å². The number of hydrogen-bond donors (Lipinski definition) is 7. The van der Waals surface area contributed by atoms with Crippen molar-refractivity contribution in [2.75, 3.05) is 13.2 Å². The predicted octanol–water partition coefficient (Wildman–Crippen LogP) is 1.87. The van der Waals surface area contributed by atoms with E-state index in [-0.39, 0.29) is 52.1 Å². The van der Waals surface area contributed by atoms with E-state index in [1.165, 1.54) is 13.8 Å². The predicted molar refractivity (Wildman–Crippen MR) is 213 cm³/mol. The first kappa shape index (κ1) is 46.0. The van der Waals surface area contributed by atoms with E-state index in [0.29, 0.717) is 25.7 Å². The largest absolute Gasteiger partial charge is 0.455 e. The van der Waals surface area contributed by atoms with Crippen LogP contribution < -0.4 is 0 Å². The smallest absolute Gasteiger partial charge is 0.303 e. The molecule has 21 atom stereocenters. The summed E-state index contributed by atoms with van der Waals surface area (Å²) in [4.78, 5) is 24.5. The molecule has 16 heteroatoms. The third kappa shape index (κ3) is 6.89. The van der Waals surface area contributed by atoms with E-state index in [1.807, 2.05) is 0 Å². The molecule has 0 bridgehead atoms. The first-order valence-corrected chi connectivity index (χ1v) is 22.6. The number of fused-ring (bicyclic) bond motifs is 2. The van der Waals surface area contributed by atoms with Crippen LogP contribution in [0.4, 0.5) is 0 Å². The summed E-state index contributed by atoms with van der Waals surface area (Å²) in [5.74, 6) is -1.67. The maximum Gasteiger partial charge on any atom is 0.303 e. The molecule has 0 radical (unpaired) electrons. The van der Waals surface area contributed by atoms with Crippen molar-refractivity contribution in [1.82, 2.24) is 0 Å². The van der Waals surface area contributed by atoms with Crippen molar-refractivity contribution in [3.05, 3.63) is 0 Å². The van der Waals surface area contributed by atoms with Crippen molar-refractivity contribution in [3.63, 3.8) is 0 Å². The Balaban J connectivity index is 1.15. The minimum absolute atomic E-state index is 0.0638. The molecule has 61 heavy (non-hydrogen) atoms. The van der Waals surface area contributed by atoms with Crippen LogP contribution in [0.3, 0.4) is 0 Å². The molecule has 5 aliphatic carbocycles. The Morgan fingerprint density at radius 1 is 0.754 bits per heavy atom. The molecule has 0 amide bonds. The summed E-state index contributed by atoms with van der Waals surface area (Å²) in [6.07, 6.45) is -7.80. The molecule has 0 aromatic heterocycles. The zero-order valence-corrected chi connectivity index (χ0v) is 37.3. The quantitative estimate of drug-likeness (QED) is 0.129. The van der Waals surface area contributed by atoms with Gasteiger partial charge in [0.1, 0.15) is 30.5 Å². The van der Waals surface area contributed by atoms with Crippen LogP contribution in [-0.2, 0) is 42.7 Å². The van der Waals surface area contributed by atoms with Crippen molar-refractivity contribution in [1.29, 1.82) is 0 Å². The van der Waals surface area contributed by atoms with Gasteiger partial charge in [0.05, 0.1) is 48.8 Å². The number of carbonyl (C=O) groups is 2. The second-order valence-electron chi connectivity index (χ2n) is 22.2. The van der Waals surface area contributed by atoms with Crippen LogP contribution in [0, 0.1) is 44.8 Å². The molecule has 2 spiro atoms. The number of carbonyl (C=O) groups excluding carboxylic acids is 2. The summed E-state index contributed by atoms with van der Waals surface area (Å²) in [5.41, 5.74) is -3.46. The standard InChI is InChI=1S/C45H72O16/c1-21(47)56-33-24(50)19-55-38(34(33)57-22(2)48)60-28-11-13-45-20-44(45)15-14-41(7)35(43(9)12-10-29(61-43)40(5,6)54)23(49)17-42(41,8)27(44)16-25(36(45)39(28,3)4)58-37-32(53)31(52)30(51)26(18-46)59-37/h23-38,46,49-54H,10-20H2,1-9H3/t23-,24+,25-,26+,27?,28-,29-,30+,31-,32+,33-,34+,35-,36?,37+,38-,41+,42-,43+,44?,45+/m0/s1. The number of aliphatic hydroxyl groups is 7. The molecule has 8 fully saturated rings. The normalized spacial score (nSPS) is 53.8. The summed E-state index contributed by atoms with van der Waals surface area (Å²) >= 11 is 0. The number of ether oxygens (including phenoxy) is 7. The van der Waals surface area contributed by atoms with E-state index in [4.69, 9.17) is 33.2 Å². The molecule has 8 aliphatic rings. The third-order valence-electron chi connectivity index (χ3n) is 18.2. The maximum absolute atomic E-state index is 12.4. The van der Waals surface area contributed by atoms with Gasteiger partial charge in [0.25, 0.3) is 0 Å². The lowest BCUT2D eigenvalue weighted by atomic mass is 9.41. The Labute approximate surface area is 358 Å². The molecule has 3 aliphatic heterocycles. The molecule has 3 unspecified atom stereocenters. The van der Waals surface area contributed by atoms with Crippen molar-refractivity contribution >= 4 is 11.9 Å².